The Balaban J connectivity index is 1.24. The van der Waals surface area contributed by atoms with Crippen LogP contribution in [0.4, 0.5) is 4.39 Å². The predicted molar refractivity (Wildman–Crippen MR) is 154 cm³/mol. The molecule has 0 bridgehead atoms. The molecule has 1 aromatic carbocycles. The van der Waals surface area contributed by atoms with Gasteiger partial charge >= 0.3 is 5.97 Å². The number of allylic oxidation sites excluding steroid dienone is 1. The number of alkyl halides is 1. The molecule has 38 heavy (non-hydrogen) atoms. The molecule has 0 saturated heterocycles. The highest BCUT2D eigenvalue weighted by Crippen LogP contribution is 2.67. The molecular weight excluding hydrogens is 470 g/mol. The van der Waals surface area contributed by atoms with Gasteiger partial charge in [0.05, 0.1) is 5.56 Å². The van der Waals surface area contributed by atoms with E-state index in [1.165, 1.54) is 51.4 Å². The van der Waals surface area contributed by atoms with Crippen LogP contribution in [0.5, 0.6) is 0 Å². The lowest BCUT2D eigenvalue weighted by molar-refractivity contribution is -0.0594. The summed E-state index contributed by atoms with van der Waals surface area (Å²) in [6.45, 7) is 12.0. The molecule has 2 nitrogen and oxygen atoms in total. The SMILES string of the molecule is CC(C)CCC[C@@H](C)[C@H]1CC[C@H]2[C@@H]3CC=C4CC(OC(=O)c5ccc(C[18F])cc5)CC[C@]4(C)[C@H]3CC[C@]12C. The Morgan fingerprint density at radius 1 is 1.00 bits per heavy atom. The molecule has 5 rings (SSSR count). The van der Waals surface area contributed by atoms with Gasteiger partial charge in [0.1, 0.15) is 12.8 Å². The standard InChI is InChI=1S/C35H51FO2/c1-23(2)7-6-8-24(3)30-15-16-31-29-14-13-27-21-28(38-33(37)26-11-9-25(22-36)10-12-26)17-19-34(27,4)32(29)18-20-35(30,31)5/h9-13,23-24,28-32H,6-8,14-22H2,1-5H3/t24-,28?,29+,30-,31+,32+,34+,35-/m1/s1/i36-1. The van der Waals surface area contributed by atoms with Crippen molar-refractivity contribution in [2.24, 2.45) is 46.3 Å². The van der Waals surface area contributed by atoms with Gasteiger partial charge in [-0.25, -0.2) is 9.18 Å². The van der Waals surface area contributed by atoms with E-state index in [1.54, 1.807) is 29.8 Å². The minimum atomic E-state index is -0.509. The van der Waals surface area contributed by atoms with Crippen molar-refractivity contribution < 1.29 is 13.9 Å². The second-order valence-electron chi connectivity index (χ2n) is 14.4. The Labute approximate surface area is 231 Å². The summed E-state index contributed by atoms with van der Waals surface area (Å²) in [4.78, 5) is 12.8. The topological polar surface area (TPSA) is 26.3 Å². The zero-order chi connectivity index (χ0) is 27.1. The maximum atomic E-state index is 12.8. The lowest BCUT2D eigenvalue weighted by Crippen LogP contribution is -2.51. The summed E-state index contributed by atoms with van der Waals surface area (Å²) >= 11 is 0. The second-order valence-corrected chi connectivity index (χ2v) is 14.4. The van der Waals surface area contributed by atoms with Gasteiger partial charge in [-0.05, 0) is 109 Å². The van der Waals surface area contributed by atoms with Crippen LogP contribution in [-0.2, 0) is 11.4 Å². The van der Waals surface area contributed by atoms with E-state index in [0.717, 1.165) is 54.8 Å². The van der Waals surface area contributed by atoms with Gasteiger partial charge in [-0.3, -0.25) is 0 Å². The number of hydrogen-bond acceptors (Lipinski definition) is 2. The summed E-state index contributed by atoms with van der Waals surface area (Å²) in [6, 6.07) is 6.73. The van der Waals surface area contributed by atoms with Crippen LogP contribution in [0.25, 0.3) is 0 Å². The number of esters is 1. The first-order valence-electron chi connectivity index (χ1n) is 15.7. The zero-order valence-corrected chi connectivity index (χ0v) is 24.6. The van der Waals surface area contributed by atoms with Crippen molar-refractivity contribution in [1.29, 1.82) is 0 Å². The van der Waals surface area contributed by atoms with Crippen LogP contribution >= 0.6 is 0 Å². The van der Waals surface area contributed by atoms with Crippen molar-refractivity contribution in [1.82, 2.24) is 0 Å². The Kier molecular flexibility index (Phi) is 8.14. The quantitative estimate of drug-likeness (QED) is 0.251. The molecule has 1 unspecified atom stereocenters. The molecule has 3 saturated carbocycles. The molecule has 0 spiro atoms. The van der Waals surface area contributed by atoms with Crippen LogP contribution in [-0.4, -0.2) is 12.1 Å². The van der Waals surface area contributed by atoms with E-state index < -0.39 is 6.67 Å². The van der Waals surface area contributed by atoms with Gasteiger partial charge in [-0.1, -0.05) is 77.7 Å². The number of carbonyl (C=O) groups excluding carboxylic acids is 1. The Morgan fingerprint density at radius 3 is 2.47 bits per heavy atom. The largest absolute Gasteiger partial charge is 0.458 e. The fourth-order valence-corrected chi connectivity index (χ4v) is 9.70. The number of ether oxygens (including phenoxy) is 1. The van der Waals surface area contributed by atoms with Crippen molar-refractivity contribution in [2.75, 3.05) is 0 Å². The molecule has 1 aromatic rings. The highest BCUT2D eigenvalue weighted by molar-refractivity contribution is 5.89. The van der Waals surface area contributed by atoms with Crippen LogP contribution in [0, 0.1) is 46.3 Å². The first kappa shape index (κ1) is 27.9. The molecule has 0 N–H and O–H groups in total. The number of carbonyl (C=O) groups is 1. The smallest absolute Gasteiger partial charge is 0.338 e. The Morgan fingerprint density at radius 2 is 1.76 bits per heavy atom. The van der Waals surface area contributed by atoms with Crippen molar-refractivity contribution in [3.8, 4) is 0 Å². The molecule has 8 atom stereocenters. The molecule has 0 heterocycles. The number of fused-ring (bicyclic) bond motifs is 5. The van der Waals surface area contributed by atoms with Gasteiger partial charge in [0.2, 0.25) is 0 Å². The van der Waals surface area contributed by atoms with Gasteiger partial charge in [-0.2, -0.15) is 0 Å². The fourth-order valence-electron chi connectivity index (χ4n) is 9.70. The minimum Gasteiger partial charge on any atom is -0.458 e. The highest BCUT2D eigenvalue weighted by atomic mass is 18.2. The molecule has 0 radical (unpaired) electrons. The van der Waals surface area contributed by atoms with Gasteiger partial charge < -0.3 is 4.74 Å². The molecule has 3 heteroatoms. The lowest BCUT2D eigenvalue weighted by atomic mass is 9.47. The van der Waals surface area contributed by atoms with Crippen LogP contribution in [0.15, 0.2) is 35.9 Å². The third kappa shape index (κ3) is 5.13. The summed E-state index contributed by atoms with van der Waals surface area (Å²) in [5, 5.41) is 0. The van der Waals surface area contributed by atoms with Crippen LogP contribution in [0.2, 0.25) is 0 Å². The second kappa shape index (κ2) is 11.1. The minimum absolute atomic E-state index is 0.0457. The first-order valence-corrected chi connectivity index (χ1v) is 15.7. The van der Waals surface area contributed by atoms with Gasteiger partial charge in [-0.15, -0.1) is 0 Å². The molecular formula is C35H51FO2. The van der Waals surface area contributed by atoms with Crippen LogP contribution in [0.3, 0.4) is 0 Å². The maximum absolute atomic E-state index is 12.8. The third-order valence-corrected chi connectivity index (χ3v) is 11.9. The van der Waals surface area contributed by atoms with Gasteiger partial charge in [0.25, 0.3) is 0 Å². The van der Waals surface area contributed by atoms with E-state index in [-0.39, 0.29) is 17.5 Å². The average Bonchev–Trinajstić information content (AvgIpc) is 3.26. The summed E-state index contributed by atoms with van der Waals surface area (Å²) in [5.41, 5.74) is 3.45. The molecule has 3 fully saturated rings. The van der Waals surface area contributed by atoms with Crippen LogP contribution in [0.1, 0.15) is 121 Å². The summed E-state index contributed by atoms with van der Waals surface area (Å²) in [7, 11) is 0. The summed E-state index contributed by atoms with van der Waals surface area (Å²) in [5.74, 6) is 4.77. The molecule has 4 aliphatic carbocycles. The zero-order valence-electron chi connectivity index (χ0n) is 24.6. The summed E-state index contributed by atoms with van der Waals surface area (Å²) in [6.07, 6.45) is 16.5. The number of benzene rings is 1. The van der Waals surface area contributed by atoms with E-state index in [1.807, 2.05) is 0 Å². The average molecular weight is 522 g/mol. The van der Waals surface area contributed by atoms with E-state index in [2.05, 4.69) is 40.7 Å². The number of rotatable bonds is 8. The van der Waals surface area contributed by atoms with Crippen LogP contribution < -0.4 is 0 Å². The van der Waals surface area contributed by atoms with Gasteiger partial charge in [0, 0.05) is 6.42 Å². The maximum Gasteiger partial charge on any atom is 0.338 e. The summed E-state index contributed by atoms with van der Waals surface area (Å²) < 4.78 is 18.8. The monoisotopic (exact) mass is 521 g/mol. The molecule has 0 amide bonds. The fraction of sp³-hybridized carbons (Fsp3) is 0.743. The van der Waals surface area contributed by atoms with E-state index >= 15 is 0 Å². The Bertz CT molecular complexity index is 1010. The first-order chi connectivity index (χ1) is 18.2. The highest BCUT2D eigenvalue weighted by Gasteiger charge is 2.59. The molecule has 4 aliphatic rings. The lowest BCUT2D eigenvalue weighted by Gasteiger charge is -2.58. The predicted octanol–water partition coefficient (Wildman–Crippen LogP) is 9.72. The van der Waals surface area contributed by atoms with Crippen molar-refractivity contribution in [3.05, 3.63) is 47.0 Å². The normalized spacial score (nSPS) is 37.1. The van der Waals surface area contributed by atoms with Crippen molar-refractivity contribution in [2.45, 2.75) is 118 Å². The Hall–Kier alpha value is -1.64. The van der Waals surface area contributed by atoms with Crippen molar-refractivity contribution >= 4 is 5.97 Å². The van der Waals surface area contributed by atoms with E-state index in [9.17, 15) is 9.18 Å². The molecule has 210 valence electrons. The molecule has 0 aromatic heterocycles. The molecule has 0 aliphatic heterocycles. The number of hydrogen-bond donors (Lipinski definition) is 0. The number of halogens is 1. The van der Waals surface area contributed by atoms with E-state index in [0.29, 0.717) is 16.5 Å². The third-order valence-electron chi connectivity index (χ3n) is 11.9. The van der Waals surface area contributed by atoms with Crippen molar-refractivity contribution in [3.63, 3.8) is 0 Å². The van der Waals surface area contributed by atoms with Gasteiger partial charge in [0.15, 0.2) is 0 Å². The van der Waals surface area contributed by atoms with E-state index in [4.69, 9.17) is 4.74 Å².